The number of hydrogen-bond acceptors (Lipinski definition) is 5. The number of fused-ring (bicyclic) bond motifs is 2. The highest BCUT2D eigenvalue weighted by Gasteiger charge is 2.27. The Morgan fingerprint density at radius 1 is 0.970 bits per heavy atom. The van der Waals surface area contributed by atoms with Gasteiger partial charge in [-0.15, -0.1) is 0 Å². The van der Waals surface area contributed by atoms with Crippen LogP contribution in [0, 0.1) is 0 Å². The molecule has 0 saturated carbocycles. The van der Waals surface area contributed by atoms with E-state index in [9.17, 15) is 4.79 Å². The lowest BCUT2D eigenvalue weighted by Crippen LogP contribution is -2.37. The summed E-state index contributed by atoms with van der Waals surface area (Å²) in [6.45, 7) is 2.69. The lowest BCUT2D eigenvalue weighted by Gasteiger charge is -2.25. The number of amides is 1. The Morgan fingerprint density at radius 3 is 2.70 bits per heavy atom. The van der Waals surface area contributed by atoms with Crippen LogP contribution in [-0.2, 0) is 0 Å². The van der Waals surface area contributed by atoms with Gasteiger partial charge in [0.2, 0.25) is 0 Å². The molecule has 7 heteroatoms. The molecule has 0 unspecified atom stereocenters. The van der Waals surface area contributed by atoms with Gasteiger partial charge in [-0.1, -0.05) is 29.8 Å². The van der Waals surface area contributed by atoms with Gasteiger partial charge < -0.3 is 19.3 Å². The number of para-hydroxylation sites is 2. The molecule has 2 heterocycles. The maximum atomic E-state index is 13.1. The first-order valence-electron chi connectivity index (χ1n) is 11.0. The van der Waals surface area contributed by atoms with Crippen molar-refractivity contribution in [2.75, 3.05) is 33.3 Å². The summed E-state index contributed by atoms with van der Waals surface area (Å²) in [6, 6.07) is 20.6. The number of rotatable bonds is 2. The summed E-state index contributed by atoms with van der Waals surface area (Å²) in [6.07, 6.45) is 0.827. The standard InChI is InChI=1S/C26H24ClN3O3/c1-32-20-10-11-23-21(17-20)25(28-22-8-2-3-9-24(22)33-23)29-12-5-13-30(15-14-29)26(31)18-6-4-7-19(27)16-18/h2-4,6-11,16-17H,5,12-15H2,1H3. The third-order valence-corrected chi connectivity index (χ3v) is 6.13. The Kier molecular flexibility index (Phi) is 5.92. The van der Waals surface area contributed by atoms with E-state index in [1.54, 1.807) is 19.2 Å². The molecule has 0 spiro atoms. The van der Waals surface area contributed by atoms with Crippen LogP contribution in [-0.4, -0.2) is 54.8 Å². The SMILES string of the molecule is COc1ccc2c(c1)C(N1CCCN(C(=O)c3cccc(Cl)c3)CC1)=Nc1ccccc1O2. The third-order valence-electron chi connectivity index (χ3n) is 5.89. The van der Waals surface area contributed by atoms with Crippen LogP contribution in [0.5, 0.6) is 17.2 Å². The van der Waals surface area contributed by atoms with Gasteiger partial charge in [-0.05, 0) is 55.0 Å². The lowest BCUT2D eigenvalue weighted by molar-refractivity contribution is 0.0764. The molecule has 5 rings (SSSR count). The quantitative estimate of drug-likeness (QED) is 0.514. The van der Waals surface area contributed by atoms with Crippen LogP contribution < -0.4 is 9.47 Å². The minimum absolute atomic E-state index is 0.00194. The highest BCUT2D eigenvalue weighted by molar-refractivity contribution is 6.30. The second-order valence-electron chi connectivity index (χ2n) is 8.01. The molecule has 6 nitrogen and oxygen atoms in total. The predicted octanol–water partition coefficient (Wildman–Crippen LogP) is 5.38. The number of methoxy groups -OCH3 is 1. The summed E-state index contributed by atoms with van der Waals surface area (Å²) >= 11 is 6.10. The number of carbonyl (C=O) groups excluding carboxylic acids is 1. The summed E-state index contributed by atoms with van der Waals surface area (Å²) in [5.74, 6) is 3.01. The summed E-state index contributed by atoms with van der Waals surface area (Å²) < 4.78 is 11.7. The fourth-order valence-corrected chi connectivity index (χ4v) is 4.40. The molecule has 2 aliphatic heterocycles. The molecule has 0 bridgehead atoms. The van der Waals surface area contributed by atoms with Gasteiger partial charge in [-0.3, -0.25) is 4.79 Å². The summed E-state index contributed by atoms with van der Waals surface area (Å²) in [7, 11) is 1.65. The Balaban J connectivity index is 1.46. The minimum Gasteiger partial charge on any atom is -0.497 e. The fourth-order valence-electron chi connectivity index (χ4n) is 4.21. The number of carbonyl (C=O) groups is 1. The van der Waals surface area contributed by atoms with Crippen LogP contribution in [0.1, 0.15) is 22.3 Å². The second kappa shape index (κ2) is 9.16. The van der Waals surface area contributed by atoms with Crippen LogP contribution in [0.25, 0.3) is 0 Å². The summed E-state index contributed by atoms with van der Waals surface area (Å²) in [5, 5.41) is 0.564. The average Bonchev–Trinajstić information content (AvgIpc) is 3.18. The van der Waals surface area contributed by atoms with Gasteiger partial charge in [0.15, 0.2) is 5.75 Å². The van der Waals surface area contributed by atoms with E-state index in [1.165, 1.54) is 0 Å². The minimum atomic E-state index is -0.00194. The first-order chi connectivity index (χ1) is 16.1. The Labute approximate surface area is 198 Å². The van der Waals surface area contributed by atoms with Crippen molar-refractivity contribution in [2.24, 2.45) is 4.99 Å². The molecule has 1 fully saturated rings. The van der Waals surface area contributed by atoms with Crippen LogP contribution >= 0.6 is 11.6 Å². The zero-order valence-electron chi connectivity index (χ0n) is 18.3. The smallest absolute Gasteiger partial charge is 0.253 e. The molecule has 0 N–H and O–H groups in total. The van der Waals surface area contributed by atoms with Gasteiger partial charge in [-0.25, -0.2) is 4.99 Å². The average molecular weight is 462 g/mol. The summed E-state index contributed by atoms with van der Waals surface area (Å²) in [4.78, 5) is 22.2. The van der Waals surface area contributed by atoms with Crippen LogP contribution in [0.3, 0.4) is 0 Å². The molecule has 0 radical (unpaired) electrons. The van der Waals surface area contributed by atoms with Gasteiger partial charge in [0.25, 0.3) is 5.91 Å². The third kappa shape index (κ3) is 4.39. The van der Waals surface area contributed by atoms with Crippen LogP contribution in [0.2, 0.25) is 5.02 Å². The fraction of sp³-hybridized carbons (Fsp3) is 0.231. The van der Waals surface area contributed by atoms with Crippen LogP contribution in [0.4, 0.5) is 5.69 Å². The van der Waals surface area contributed by atoms with Crippen molar-refractivity contribution in [1.29, 1.82) is 0 Å². The van der Waals surface area contributed by atoms with Crippen molar-refractivity contribution in [2.45, 2.75) is 6.42 Å². The maximum Gasteiger partial charge on any atom is 0.253 e. The monoisotopic (exact) mass is 461 g/mol. The van der Waals surface area contributed by atoms with Gasteiger partial charge >= 0.3 is 0 Å². The molecule has 0 aromatic heterocycles. The number of benzene rings is 3. The van der Waals surface area contributed by atoms with Crippen LogP contribution in [0.15, 0.2) is 71.7 Å². The van der Waals surface area contributed by atoms with E-state index in [0.29, 0.717) is 36.0 Å². The van der Waals surface area contributed by atoms with Gasteiger partial charge in [0.1, 0.15) is 23.0 Å². The molecule has 168 valence electrons. The number of nitrogens with zero attached hydrogens (tertiary/aromatic N) is 3. The molecule has 3 aromatic rings. The van der Waals surface area contributed by atoms with E-state index in [-0.39, 0.29) is 5.91 Å². The number of amidine groups is 1. The van der Waals surface area contributed by atoms with E-state index in [4.69, 9.17) is 26.1 Å². The largest absolute Gasteiger partial charge is 0.497 e. The van der Waals surface area contributed by atoms with Crippen molar-refractivity contribution in [3.63, 3.8) is 0 Å². The molecule has 0 atom stereocenters. The first kappa shape index (κ1) is 21.3. The molecular weight excluding hydrogens is 438 g/mol. The molecule has 2 aliphatic rings. The van der Waals surface area contributed by atoms with Gasteiger partial charge in [-0.2, -0.15) is 0 Å². The topological polar surface area (TPSA) is 54.4 Å². The number of hydrogen-bond donors (Lipinski definition) is 0. The van der Waals surface area contributed by atoms with Crippen molar-refractivity contribution >= 4 is 29.0 Å². The normalized spacial score (nSPS) is 15.4. The highest BCUT2D eigenvalue weighted by Crippen LogP contribution is 2.39. The van der Waals surface area contributed by atoms with Crippen molar-refractivity contribution < 1.29 is 14.3 Å². The Bertz CT molecular complexity index is 1230. The molecule has 3 aromatic carbocycles. The van der Waals surface area contributed by atoms with E-state index >= 15 is 0 Å². The Hall–Kier alpha value is -3.51. The van der Waals surface area contributed by atoms with Gasteiger partial charge in [0, 0.05) is 36.8 Å². The maximum absolute atomic E-state index is 13.1. The second-order valence-corrected chi connectivity index (χ2v) is 8.45. The molecule has 0 aliphatic carbocycles. The van der Waals surface area contributed by atoms with E-state index in [0.717, 1.165) is 41.6 Å². The first-order valence-corrected chi connectivity index (χ1v) is 11.3. The highest BCUT2D eigenvalue weighted by atomic mass is 35.5. The van der Waals surface area contributed by atoms with E-state index in [2.05, 4.69) is 4.90 Å². The van der Waals surface area contributed by atoms with Crippen molar-refractivity contribution in [1.82, 2.24) is 9.80 Å². The molecular formula is C26H24ClN3O3. The Morgan fingerprint density at radius 2 is 1.85 bits per heavy atom. The molecule has 1 amide bonds. The zero-order chi connectivity index (χ0) is 22.8. The number of halogens is 1. The predicted molar refractivity (Wildman–Crippen MR) is 129 cm³/mol. The zero-order valence-corrected chi connectivity index (χ0v) is 19.1. The van der Waals surface area contributed by atoms with Crippen molar-refractivity contribution in [3.8, 4) is 17.2 Å². The number of ether oxygens (including phenoxy) is 2. The van der Waals surface area contributed by atoms with E-state index in [1.807, 2.05) is 59.5 Å². The van der Waals surface area contributed by atoms with E-state index < -0.39 is 0 Å². The molecule has 33 heavy (non-hydrogen) atoms. The number of aliphatic imine (C=N–C) groups is 1. The van der Waals surface area contributed by atoms with Gasteiger partial charge in [0.05, 0.1) is 12.7 Å². The molecule has 1 saturated heterocycles. The lowest BCUT2D eigenvalue weighted by atomic mass is 10.1. The van der Waals surface area contributed by atoms with Crippen molar-refractivity contribution in [3.05, 3.63) is 82.9 Å². The summed E-state index contributed by atoms with van der Waals surface area (Å²) in [5.41, 5.74) is 2.26.